The number of benzene rings is 15. The Morgan fingerprint density at radius 2 is 0.260 bits per heavy atom. The van der Waals surface area contributed by atoms with Crippen molar-refractivity contribution >= 4 is 149 Å². The number of hydrogen-bond acceptors (Lipinski definition) is 6. The van der Waals surface area contributed by atoms with Crippen molar-refractivity contribution < 1.29 is 51.9 Å². The van der Waals surface area contributed by atoms with Crippen molar-refractivity contribution in [3.05, 3.63) is 470 Å². The van der Waals surface area contributed by atoms with Gasteiger partial charge in [-0.1, -0.05) is 291 Å². The Bertz CT molecular complexity index is 4220. The van der Waals surface area contributed by atoms with Gasteiger partial charge in [-0.2, -0.15) is 0 Å². The van der Waals surface area contributed by atoms with Gasteiger partial charge in [-0.15, -0.1) is 0 Å². The molecule has 0 aliphatic carbocycles. The van der Waals surface area contributed by atoms with Crippen LogP contribution >= 0.6 is 76.6 Å². The van der Waals surface area contributed by atoms with Gasteiger partial charge < -0.3 is 31.9 Å². The summed E-state index contributed by atoms with van der Waals surface area (Å²) in [5, 5.41) is 40.4. The number of nitrogens with one attached hydrogen (secondary N) is 6. The monoisotopic (exact) mass is 2110 g/mol. The molecule has 0 unspecified atom stereocenters. The van der Waals surface area contributed by atoms with E-state index in [1.807, 2.05) is 0 Å². The summed E-state index contributed by atoms with van der Waals surface area (Å²) in [6.07, 6.45) is 7.02. The van der Waals surface area contributed by atoms with E-state index in [0.29, 0.717) is 0 Å². The molecule has 15 aromatic carbocycles. The van der Waals surface area contributed by atoms with Crippen LogP contribution in [-0.2, 0) is 91.2 Å². The average molecular weight is 2110 g/mol. The number of hydrogen-bond donors (Lipinski definition) is 6. The smallest absolute Gasteiger partial charge is 0.0967 e. The second-order valence-electron chi connectivity index (χ2n) is 30.2. The molecule has 0 amide bonds. The van der Waals surface area contributed by atoms with Gasteiger partial charge in [0.05, 0.1) is 148 Å². The molecule has 15 rings (SSSR count). The first-order valence-corrected chi connectivity index (χ1v) is 60.4. The van der Waals surface area contributed by atoms with Crippen LogP contribution in [0.3, 0.4) is 0 Å². The van der Waals surface area contributed by atoms with Crippen molar-refractivity contribution in [1.82, 2.24) is 31.9 Å². The van der Waals surface area contributed by atoms with Crippen LogP contribution in [0.25, 0.3) is 0 Å². The standard InChI is InChI=1S/3C36H38N2P2.B.3ClH.3Ru.2H/c3*1-5-17-33(18-6-1)39(34-19-7-2-8-20-34)27-25-37-29-31-15-13-14-16-32(31)30-38-26-28-40(35-21-9-3-10-22-35)36-23-11-4-12-24-36;;;;;;;;;/h3*1-24,37-38H,25-30H2;;3*1H;;;;;/q;;;;;;;+2;+3;+4;;/p+3. The molecule has 0 spiro atoms. The van der Waals surface area contributed by atoms with Crippen molar-refractivity contribution in [2.24, 2.45) is 0 Å². The van der Waals surface area contributed by atoms with Crippen LogP contribution in [0.4, 0.5) is 0 Å². The summed E-state index contributed by atoms with van der Waals surface area (Å²) in [5.41, 5.74) is 8.33. The van der Waals surface area contributed by atoms with Gasteiger partial charge in [0, 0.05) is 87.0 Å². The van der Waals surface area contributed by atoms with Crippen molar-refractivity contribution in [1.29, 1.82) is 0 Å². The van der Waals surface area contributed by atoms with Gasteiger partial charge in [0.15, 0.2) is 0 Å². The first-order valence-electron chi connectivity index (χ1n) is 43.3. The molecule has 6 N–H and O–H groups in total. The Morgan fingerprint density at radius 1 is 0.173 bits per heavy atom. The Balaban J connectivity index is 0.000000208. The summed E-state index contributed by atoms with van der Waals surface area (Å²) < 4.78 is 0. The maximum Gasteiger partial charge on any atom is 0.0967 e. The molecule has 0 heterocycles. The first-order chi connectivity index (χ1) is 62.1. The summed E-state index contributed by atoms with van der Waals surface area (Å²) in [4.78, 5) is 0. The molecule has 0 bridgehead atoms. The van der Waals surface area contributed by atoms with Crippen LogP contribution in [0, 0.1) is 0 Å². The van der Waals surface area contributed by atoms with Gasteiger partial charge in [-0.25, -0.2) is 0 Å². The van der Waals surface area contributed by atoms with Crippen molar-refractivity contribution in [3.63, 3.8) is 0 Å². The zero-order valence-corrected chi connectivity index (χ0v) is 85.8. The molecule has 0 aliphatic heterocycles. The van der Waals surface area contributed by atoms with E-state index in [9.17, 15) is 0 Å². The van der Waals surface area contributed by atoms with Crippen LogP contribution < -0.4 is 95.6 Å². The quantitative estimate of drug-likeness (QED) is 0.0130. The third kappa shape index (κ3) is 36.5. The average Bonchev–Trinajstić information content (AvgIpc) is 0.864. The molecule has 3 radical (unpaired) electrons. The van der Waals surface area contributed by atoms with Crippen LogP contribution in [0.2, 0.25) is 0 Å². The Kier molecular flexibility index (Phi) is 52.1. The summed E-state index contributed by atoms with van der Waals surface area (Å²) in [5.74, 6) is 0. The second-order valence-corrected chi connectivity index (χ2v) is 48.5. The van der Waals surface area contributed by atoms with Crippen LogP contribution in [-0.4, -0.2) is 84.7 Å². The van der Waals surface area contributed by atoms with E-state index in [0.717, 1.165) is 78.5 Å². The Morgan fingerprint density at radius 3 is 0.354 bits per heavy atom. The predicted molar refractivity (Wildman–Crippen MR) is 568 cm³/mol. The minimum atomic E-state index is -0.806. The molecule has 0 saturated heterocycles. The minimum absolute atomic E-state index is 0. The van der Waals surface area contributed by atoms with Crippen molar-refractivity contribution in [2.45, 2.75) is 39.3 Å². The summed E-state index contributed by atoms with van der Waals surface area (Å²) in [6, 6.07) is 159. The number of rotatable bonds is 42. The largest absolute Gasteiger partial charge is 0.309 e. The normalized spacial score (nSPS) is 10.8. The van der Waals surface area contributed by atoms with Gasteiger partial charge in [0.1, 0.15) is 0 Å². The Labute approximate surface area is 810 Å². The van der Waals surface area contributed by atoms with E-state index in [4.69, 9.17) is 19.4 Å². The van der Waals surface area contributed by atoms with E-state index in [1.54, 1.807) is 17.3 Å². The van der Waals surface area contributed by atoms with E-state index < -0.39 is 47.5 Å². The van der Waals surface area contributed by atoms with Gasteiger partial charge in [0.25, 0.3) is 0 Å². The fourth-order valence-electron chi connectivity index (χ4n) is 15.7. The Hall–Kier alpha value is -6.55. The molecular formula is C108H122BCl3N6P6Ru3+12. The molecule has 6 nitrogen and oxygen atoms in total. The zero-order valence-electron chi connectivity index (χ0n) is 72.1. The first kappa shape index (κ1) is 104. The fourth-order valence-corrected chi connectivity index (χ4v) is 30.9. The van der Waals surface area contributed by atoms with Gasteiger partial charge in [-0.05, 0) is 179 Å². The molecule has 0 saturated carbocycles. The van der Waals surface area contributed by atoms with Crippen LogP contribution in [0.1, 0.15) is 33.4 Å². The maximum atomic E-state index is 4.85. The minimum Gasteiger partial charge on any atom is -0.309 e. The van der Waals surface area contributed by atoms with Gasteiger partial charge in [-0.3, -0.25) is 0 Å². The molecule has 15 aromatic rings. The van der Waals surface area contributed by atoms with Crippen molar-refractivity contribution in [2.75, 3.05) is 76.2 Å². The maximum absolute atomic E-state index is 4.85. The fraction of sp³-hybridized carbons (Fsp3) is 0.167. The van der Waals surface area contributed by atoms with Gasteiger partial charge >= 0.3 is 81.0 Å². The summed E-state index contributed by atoms with van der Waals surface area (Å²) in [6.45, 7) is 11.5. The summed E-state index contributed by atoms with van der Waals surface area (Å²) >= 11 is 1.28. The van der Waals surface area contributed by atoms with E-state index in [2.05, 4.69) is 478 Å². The summed E-state index contributed by atoms with van der Waals surface area (Å²) in [7, 11) is 9.48. The van der Waals surface area contributed by atoms with E-state index in [-0.39, 0.29) is 43.0 Å². The van der Waals surface area contributed by atoms with E-state index in [1.165, 1.54) is 134 Å². The number of halogens is 3. The zero-order chi connectivity index (χ0) is 86.4. The molecule has 650 valence electrons. The predicted octanol–water partition coefficient (Wildman–Crippen LogP) is 17.9. The second kappa shape index (κ2) is 63.5. The SMILES string of the molecule is [B].[Cl][Ru+2][Cl].[Cl][RuH+2].[RuH+2].c1ccc([PH+](CCNCc2ccccc2CNCC[PH+](c2ccccc2)c2ccccc2)c2ccccc2)cc1.c1ccc([PH+](CCNCc2ccccc2CNCC[PH+](c2ccccc2)c2ccccc2)c2ccccc2)cc1.c1ccc([PH+](CCNCc2ccccc2CNCC[PH+](c2ccccc2)c2ccccc2)c2ccccc2)cc1. The molecule has 19 heteroatoms. The van der Waals surface area contributed by atoms with Crippen molar-refractivity contribution in [3.8, 4) is 0 Å². The molecule has 127 heavy (non-hydrogen) atoms. The molecular weight excluding hydrogens is 1990 g/mol. The molecule has 0 fully saturated rings. The molecule has 0 aliphatic rings. The van der Waals surface area contributed by atoms with Gasteiger partial charge in [0.2, 0.25) is 0 Å². The third-order valence-corrected chi connectivity index (χ3v) is 38.9. The van der Waals surface area contributed by atoms with Crippen LogP contribution in [0.15, 0.2) is 437 Å². The topological polar surface area (TPSA) is 72.2 Å². The third-order valence-electron chi connectivity index (χ3n) is 22.0. The molecule has 0 aromatic heterocycles. The van der Waals surface area contributed by atoms with E-state index >= 15 is 0 Å². The molecule has 0 atom stereocenters. The van der Waals surface area contributed by atoms with Crippen LogP contribution in [0.5, 0.6) is 0 Å².